The van der Waals surface area contributed by atoms with Crippen LogP contribution in [0.2, 0.25) is 0 Å². The molecule has 110 valence electrons. The third-order valence-electron chi connectivity index (χ3n) is 3.54. The maximum absolute atomic E-state index is 9.44. The summed E-state index contributed by atoms with van der Waals surface area (Å²) in [5.74, 6) is 0.869. The molecule has 1 aromatic carbocycles. The number of benzene rings is 1. The highest BCUT2D eigenvalue weighted by molar-refractivity contribution is 7.80. The molecule has 0 atom stereocenters. The first-order chi connectivity index (χ1) is 9.63. The second-order valence-electron chi connectivity index (χ2n) is 5.21. The van der Waals surface area contributed by atoms with Crippen molar-refractivity contribution in [3.8, 4) is 5.75 Å². The largest absolute Gasteiger partial charge is 0.492 e. The van der Waals surface area contributed by atoms with Crippen molar-refractivity contribution in [1.29, 1.82) is 0 Å². The average Bonchev–Trinajstić information content (AvgIpc) is 2.42. The van der Waals surface area contributed by atoms with Crippen LogP contribution in [-0.4, -0.2) is 47.3 Å². The summed E-state index contributed by atoms with van der Waals surface area (Å²) in [7, 11) is 0. The summed E-state index contributed by atoms with van der Waals surface area (Å²) in [6.07, 6.45) is 2.25. The summed E-state index contributed by atoms with van der Waals surface area (Å²) >= 11 is 4.88. The molecule has 20 heavy (non-hydrogen) atoms. The normalized spacial score (nSPS) is 17.1. The van der Waals surface area contributed by atoms with E-state index in [1.807, 2.05) is 24.3 Å². The third kappa shape index (κ3) is 5.07. The second kappa shape index (κ2) is 7.57. The molecule has 0 bridgehead atoms. The monoisotopic (exact) mass is 294 g/mol. The summed E-state index contributed by atoms with van der Waals surface area (Å²) in [5, 5.41) is 9.44. The van der Waals surface area contributed by atoms with Crippen molar-refractivity contribution in [3.63, 3.8) is 0 Å². The number of piperidine rings is 1. The zero-order chi connectivity index (χ0) is 14.4. The lowest BCUT2D eigenvalue weighted by Gasteiger charge is -2.29. The standard InChI is InChI=1S/C15H22N2O2S/c16-15(20)11-12-1-3-14(4-2-12)19-10-9-17-7-5-13(18)6-8-17/h1-4,13,18H,5-11H2,(H2,16,20). The van der Waals surface area contributed by atoms with Gasteiger partial charge in [-0.2, -0.15) is 0 Å². The fourth-order valence-corrected chi connectivity index (χ4v) is 2.51. The maximum atomic E-state index is 9.44. The molecule has 0 spiro atoms. The first-order valence-electron chi connectivity index (χ1n) is 7.04. The molecule has 1 heterocycles. The highest BCUT2D eigenvalue weighted by Gasteiger charge is 2.16. The van der Waals surface area contributed by atoms with Crippen molar-refractivity contribution in [2.45, 2.75) is 25.4 Å². The van der Waals surface area contributed by atoms with Gasteiger partial charge in [0.05, 0.1) is 11.1 Å². The molecule has 2 rings (SSSR count). The van der Waals surface area contributed by atoms with Crippen molar-refractivity contribution >= 4 is 17.2 Å². The molecule has 1 aliphatic rings. The Hall–Kier alpha value is -1.17. The van der Waals surface area contributed by atoms with E-state index in [2.05, 4.69) is 4.90 Å². The van der Waals surface area contributed by atoms with E-state index in [0.29, 0.717) is 18.0 Å². The fraction of sp³-hybridized carbons (Fsp3) is 0.533. The highest BCUT2D eigenvalue weighted by atomic mass is 32.1. The Morgan fingerprint density at radius 2 is 1.95 bits per heavy atom. The van der Waals surface area contributed by atoms with E-state index in [4.69, 9.17) is 22.7 Å². The molecule has 1 fully saturated rings. The zero-order valence-corrected chi connectivity index (χ0v) is 12.4. The lowest BCUT2D eigenvalue weighted by molar-refractivity contribution is 0.0755. The molecule has 1 aliphatic heterocycles. The molecule has 0 aliphatic carbocycles. The van der Waals surface area contributed by atoms with Crippen LogP contribution in [0.1, 0.15) is 18.4 Å². The van der Waals surface area contributed by atoms with Gasteiger partial charge in [-0.05, 0) is 30.5 Å². The van der Waals surface area contributed by atoms with Crippen molar-refractivity contribution in [2.24, 2.45) is 5.73 Å². The summed E-state index contributed by atoms with van der Waals surface area (Å²) in [5.41, 5.74) is 6.62. The Morgan fingerprint density at radius 3 is 2.55 bits per heavy atom. The van der Waals surface area contributed by atoms with Crippen LogP contribution in [0.4, 0.5) is 0 Å². The van der Waals surface area contributed by atoms with Gasteiger partial charge < -0.3 is 15.6 Å². The molecule has 3 N–H and O–H groups in total. The van der Waals surface area contributed by atoms with Crippen molar-refractivity contribution in [3.05, 3.63) is 29.8 Å². The molecule has 0 radical (unpaired) electrons. The number of nitrogens with zero attached hydrogens (tertiary/aromatic N) is 1. The van der Waals surface area contributed by atoms with Crippen molar-refractivity contribution < 1.29 is 9.84 Å². The van der Waals surface area contributed by atoms with Gasteiger partial charge in [0.1, 0.15) is 12.4 Å². The molecule has 0 saturated carbocycles. The highest BCUT2D eigenvalue weighted by Crippen LogP contribution is 2.13. The van der Waals surface area contributed by atoms with Gasteiger partial charge in [0.2, 0.25) is 0 Å². The first kappa shape index (κ1) is 15.2. The predicted octanol–water partition coefficient (Wildman–Crippen LogP) is 1.35. The van der Waals surface area contributed by atoms with Crippen LogP contribution in [0.15, 0.2) is 24.3 Å². The van der Waals surface area contributed by atoms with Gasteiger partial charge in [-0.3, -0.25) is 4.90 Å². The Morgan fingerprint density at radius 1 is 1.30 bits per heavy atom. The Balaban J connectivity index is 1.70. The summed E-state index contributed by atoms with van der Waals surface area (Å²) in [4.78, 5) is 2.83. The molecule has 1 aromatic rings. The molecular weight excluding hydrogens is 272 g/mol. The molecule has 0 aromatic heterocycles. The number of thiocarbonyl (C=S) groups is 1. The third-order valence-corrected chi connectivity index (χ3v) is 3.68. The number of aliphatic hydroxyl groups excluding tert-OH is 1. The summed E-state index contributed by atoms with van der Waals surface area (Å²) in [6.45, 7) is 3.49. The van der Waals surface area contributed by atoms with E-state index < -0.39 is 0 Å². The van der Waals surface area contributed by atoms with Crippen LogP contribution in [0.5, 0.6) is 5.75 Å². The van der Waals surface area contributed by atoms with Crippen LogP contribution >= 0.6 is 12.2 Å². The minimum atomic E-state index is -0.117. The van der Waals surface area contributed by atoms with Gasteiger partial charge in [-0.25, -0.2) is 0 Å². The van der Waals surface area contributed by atoms with E-state index >= 15 is 0 Å². The van der Waals surface area contributed by atoms with Crippen molar-refractivity contribution in [2.75, 3.05) is 26.2 Å². The van der Waals surface area contributed by atoms with Gasteiger partial charge >= 0.3 is 0 Å². The molecule has 5 heteroatoms. The first-order valence-corrected chi connectivity index (χ1v) is 7.45. The number of aliphatic hydroxyl groups is 1. The minimum Gasteiger partial charge on any atom is -0.492 e. The number of hydrogen-bond donors (Lipinski definition) is 2. The number of nitrogens with two attached hydrogens (primary N) is 1. The second-order valence-corrected chi connectivity index (χ2v) is 5.73. The molecule has 1 saturated heterocycles. The summed E-state index contributed by atoms with van der Waals surface area (Å²) < 4.78 is 5.73. The molecule has 4 nitrogen and oxygen atoms in total. The Kier molecular flexibility index (Phi) is 5.76. The number of rotatable bonds is 6. The number of likely N-dealkylation sites (tertiary alicyclic amines) is 1. The van der Waals surface area contributed by atoms with Crippen LogP contribution < -0.4 is 10.5 Å². The van der Waals surface area contributed by atoms with Gasteiger partial charge in [-0.1, -0.05) is 24.4 Å². The smallest absolute Gasteiger partial charge is 0.119 e. The topological polar surface area (TPSA) is 58.7 Å². The Labute approximate surface area is 125 Å². The molecule has 0 amide bonds. The SMILES string of the molecule is NC(=S)Cc1ccc(OCCN2CCC(O)CC2)cc1. The van der Waals surface area contributed by atoms with Crippen LogP contribution in [0.3, 0.4) is 0 Å². The van der Waals surface area contributed by atoms with Crippen molar-refractivity contribution in [1.82, 2.24) is 4.90 Å². The summed E-state index contributed by atoms with van der Waals surface area (Å²) in [6, 6.07) is 7.89. The quantitative estimate of drug-likeness (QED) is 0.776. The van der Waals surface area contributed by atoms with Gasteiger partial charge in [0.15, 0.2) is 0 Å². The van der Waals surface area contributed by atoms with E-state index in [-0.39, 0.29) is 6.10 Å². The minimum absolute atomic E-state index is 0.117. The van der Waals surface area contributed by atoms with Gasteiger partial charge in [0.25, 0.3) is 0 Å². The lowest BCUT2D eigenvalue weighted by atomic mass is 10.1. The van der Waals surface area contributed by atoms with E-state index in [0.717, 1.165) is 43.8 Å². The number of hydrogen-bond acceptors (Lipinski definition) is 4. The fourth-order valence-electron chi connectivity index (χ4n) is 2.34. The van der Waals surface area contributed by atoms with Crippen LogP contribution in [0, 0.1) is 0 Å². The lowest BCUT2D eigenvalue weighted by Crippen LogP contribution is -2.38. The zero-order valence-electron chi connectivity index (χ0n) is 11.6. The Bertz CT molecular complexity index is 428. The molecular formula is C15H22N2O2S. The van der Waals surface area contributed by atoms with Crippen LogP contribution in [-0.2, 0) is 6.42 Å². The number of ether oxygens (including phenoxy) is 1. The maximum Gasteiger partial charge on any atom is 0.119 e. The van der Waals surface area contributed by atoms with E-state index in [1.54, 1.807) is 0 Å². The van der Waals surface area contributed by atoms with Gasteiger partial charge in [-0.15, -0.1) is 0 Å². The van der Waals surface area contributed by atoms with Crippen LogP contribution in [0.25, 0.3) is 0 Å². The predicted molar refractivity (Wildman–Crippen MR) is 84.1 cm³/mol. The van der Waals surface area contributed by atoms with Gasteiger partial charge in [0, 0.05) is 26.1 Å². The van der Waals surface area contributed by atoms with E-state index in [9.17, 15) is 5.11 Å². The van der Waals surface area contributed by atoms with E-state index in [1.165, 1.54) is 0 Å². The average molecular weight is 294 g/mol. The molecule has 0 unspecified atom stereocenters.